The number of nitrogens with zero attached hydrogens (tertiary/aromatic N) is 1. The van der Waals surface area contributed by atoms with Gasteiger partial charge in [0.15, 0.2) is 5.43 Å². The lowest BCUT2D eigenvalue weighted by atomic mass is 10.3. The molecule has 1 heterocycles. The Bertz CT molecular complexity index is 354. The van der Waals surface area contributed by atoms with Crippen LogP contribution in [0.1, 0.15) is 5.56 Å². The highest BCUT2D eigenvalue weighted by Gasteiger charge is 1.96. The van der Waals surface area contributed by atoms with Crippen molar-refractivity contribution in [3.05, 3.63) is 34.2 Å². The molecule has 0 aliphatic rings. The van der Waals surface area contributed by atoms with Crippen LogP contribution in [0.2, 0.25) is 0 Å². The highest BCUT2D eigenvalue weighted by molar-refractivity contribution is 5.73. The summed E-state index contributed by atoms with van der Waals surface area (Å²) in [6.45, 7) is 1.81. The monoisotopic (exact) mass is 166 g/mol. The maximum absolute atomic E-state index is 10.9. The Morgan fingerprint density at radius 3 is 2.83 bits per heavy atom. The van der Waals surface area contributed by atoms with Crippen molar-refractivity contribution in [2.24, 2.45) is 5.73 Å². The molecule has 0 aliphatic heterocycles. The van der Waals surface area contributed by atoms with E-state index in [1.807, 2.05) is 0 Å². The number of carbonyl (C=O) groups is 1. The van der Waals surface area contributed by atoms with E-state index in [1.165, 1.54) is 6.07 Å². The molecule has 4 nitrogen and oxygen atoms in total. The summed E-state index contributed by atoms with van der Waals surface area (Å²) in [7, 11) is 0. The van der Waals surface area contributed by atoms with Gasteiger partial charge in [0, 0.05) is 24.0 Å². The lowest BCUT2D eigenvalue weighted by Gasteiger charge is -2.02. The second-order valence-corrected chi connectivity index (χ2v) is 2.63. The third kappa shape index (κ3) is 1.95. The molecule has 1 amide bonds. The van der Waals surface area contributed by atoms with Crippen molar-refractivity contribution in [3.8, 4) is 0 Å². The largest absolute Gasteiger partial charge is 0.368 e. The van der Waals surface area contributed by atoms with Crippen LogP contribution in [0.4, 0.5) is 0 Å². The van der Waals surface area contributed by atoms with Crippen LogP contribution in [0.25, 0.3) is 0 Å². The van der Waals surface area contributed by atoms with Crippen LogP contribution < -0.4 is 11.2 Å². The third-order valence-corrected chi connectivity index (χ3v) is 1.50. The van der Waals surface area contributed by atoms with Gasteiger partial charge in [0.05, 0.1) is 0 Å². The van der Waals surface area contributed by atoms with Gasteiger partial charge in [-0.05, 0) is 6.92 Å². The summed E-state index contributed by atoms with van der Waals surface area (Å²) in [4.78, 5) is 21.4. The van der Waals surface area contributed by atoms with E-state index in [0.717, 1.165) is 0 Å². The van der Waals surface area contributed by atoms with Crippen LogP contribution >= 0.6 is 0 Å². The number of hydrogen-bond acceptors (Lipinski definition) is 2. The molecular formula is C8H10N2O2. The van der Waals surface area contributed by atoms with Gasteiger partial charge >= 0.3 is 0 Å². The SMILES string of the molecule is Cc1cn(CC(N)=O)ccc1=O. The van der Waals surface area contributed by atoms with Crippen molar-refractivity contribution in [2.45, 2.75) is 13.5 Å². The fourth-order valence-corrected chi connectivity index (χ4v) is 0.929. The number of pyridine rings is 1. The Morgan fingerprint density at radius 1 is 1.67 bits per heavy atom. The standard InChI is InChI=1S/C8H10N2O2/c1-6-4-10(5-8(9)12)3-2-7(6)11/h2-4H,5H2,1H3,(H2,9,12). The Kier molecular flexibility index (Phi) is 2.28. The first-order chi connectivity index (χ1) is 5.59. The van der Waals surface area contributed by atoms with Crippen molar-refractivity contribution in [2.75, 3.05) is 0 Å². The first-order valence-corrected chi connectivity index (χ1v) is 3.54. The van der Waals surface area contributed by atoms with Crippen LogP contribution in [0.5, 0.6) is 0 Å². The summed E-state index contributed by atoms with van der Waals surface area (Å²) in [5.74, 6) is -0.418. The molecule has 0 aromatic carbocycles. The van der Waals surface area contributed by atoms with Crippen LogP contribution in [-0.2, 0) is 11.3 Å². The van der Waals surface area contributed by atoms with Crippen molar-refractivity contribution >= 4 is 5.91 Å². The molecule has 2 N–H and O–H groups in total. The molecule has 64 valence electrons. The van der Waals surface area contributed by atoms with Crippen LogP contribution in [0, 0.1) is 6.92 Å². The molecule has 4 heteroatoms. The predicted molar refractivity (Wildman–Crippen MR) is 44.6 cm³/mol. The molecule has 0 fully saturated rings. The second kappa shape index (κ2) is 3.21. The van der Waals surface area contributed by atoms with Crippen LogP contribution in [0.3, 0.4) is 0 Å². The summed E-state index contributed by atoms with van der Waals surface area (Å²) in [6, 6.07) is 1.41. The van der Waals surface area contributed by atoms with E-state index in [2.05, 4.69) is 0 Å². The molecule has 1 rings (SSSR count). The summed E-state index contributed by atoms with van der Waals surface area (Å²) in [6.07, 6.45) is 3.15. The Morgan fingerprint density at radius 2 is 2.33 bits per heavy atom. The highest BCUT2D eigenvalue weighted by Crippen LogP contribution is 1.89. The molecule has 1 aromatic heterocycles. The van der Waals surface area contributed by atoms with E-state index in [4.69, 9.17) is 5.73 Å². The minimum absolute atomic E-state index is 0.0317. The van der Waals surface area contributed by atoms with Gasteiger partial charge in [0.1, 0.15) is 6.54 Å². The van der Waals surface area contributed by atoms with Gasteiger partial charge in [-0.2, -0.15) is 0 Å². The molecule has 0 unspecified atom stereocenters. The van der Waals surface area contributed by atoms with E-state index >= 15 is 0 Å². The van der Waals surface area contributed by atoms with Crippen molar-refractivity contribution in [3.63, 3.8) is 0 Å². The number of rotatable bonds is 2. The summed E-state index contributed by atoms with van der Waals surface area (Å²) < 4.78 is 1.58. The summed E-state index contributed by atoms with van der Waals surface area (Å²) in [5, 5.41) is 0. The molecule has 0 atom stereocenters. The molecule has 0 bridgehead atoms. The summed E-state index contributed by atoms with van der Waals surface area (Å²) in [5.41, 5.74) is 5.55. The smallest absolute Gasteiger partial charge is 0.237 e. The lowest BCUT2D eigenvalue weighted by molar-refractivity contribution is -0.118. The molecule has 0 spiro atoms. The minimum Gasteiger partial charge on any atom is -0.368 e. The van der Waals surface area contributed by atoms with Crippen molar-refractivity contribution in [1.29, 1.82) is 0 Å². The van der Waals surface area contributed by atoms with Crippen molar-refractivity contribution in [1.82, 2.24) is 4.57 Å². The zero-order valence-electron chi connectivity index (χ0n) is 6.78. The Balaban J connectivity index is 2.97. The van der Waals surface area contributed by atoms with Gasteiger partial charge in [-0.1, -0.05) is 0 Å². The fraction of sp³-hybridized carbons (Fsp3) is 0.250. The minimum atomic E-state index is -0.418. The summed E-state index contributed by atoms with van der Waals surface area (Å²) >= 11 is 0. The van der Waals surface area contributed by atoms with Gasteiger partial charge in [-0.3, -0.25) is 9.59 Å². The zero-order chi connectivity index (χ0) is 9.14. The van der Waals surface area contributed by atoms with E-state index < -0.39 is 5.91 Å². The average Bonchev–Trinajstić information content (AvgIpc) is 1.96. The number of carbonyl (C=O) groups excluding carboxylic acids is 1. The number of nitrogens with two attached hydrogens (primary N) is 1. The quantitative estimate of drug-likeness (QED) is 0.652. The number of primary amides is 1. The van der Waals surface area contributed by atoms with Crippen LogP contribution in [0.15, 0.2) is 23.3 Å². The first-order valence-electron chi connectivity index (χ1n) is 3.54. The molecule has 12 heavy (non-hydrogen) atoms. The third-order valence-electron chi connectivity index (χ3n) is 1.50. The number of aryl methyl sites for hydroxylation is 1. The molecule has 1 aromatic rings. The maximum atomic E-state index is 10.9. The highest BCUT2D eigenvalue weighted by atomic mass is 16.1. The predicted octanol–water partition coefficient (Wildman–Crippen LogP) is -0.358. The molecule has 0 saturated heterocycles. The topological polar surface area (TPSA) is 65.1 Å². The lowest BCUT2D eigenvalue weighted by Crippen LogP contribution is -2.20. The Hall–Kier alpha value is -1.58. The maximum Gasteiger partial charge on any atom is 0.237 e. The molecule has 0 aliphatic carbocycles. The molecule has 0 radical (unpaired) electrons. The van der Waals surface area contributed by atoms with Gasteiger partial charge in [0.25, 0.3) is 0 Å². The van der Waals surface area contributed by atoms with Crippen molar-refractivity contribution < 1.29 is 4.79 Å². The van der Waals surface area contributed by atoms with E-state index in [9.17, 15) is 9.59 Å². The van der Waals surface area contributed by atoms with Gasteiger partial charge in [-0.15, -0.1) is 0 Å². The fourth-order valence-electron chi connectivity index (χ4n) is 0.929. The first kappa shape index (κ1) is 8.52. The van der Waals surface area contributed by atoms with E-state index in [1.54, 1.807) is 23.9 Å². The van der Waals surface area contributed by atoms with E-state index in [0.29, 0.717) is 5.56 Å². The molecular weight excluding hydrogens is 156 g/mol. The number of hydrogen-bond donors (Lipinski definition) is 1. The Labute approximate surface area is 69.6 Å². The zero-order valence-corrected chi connectivity index (χ0v) is 6.78. The number of amides is 1. The second-order valence-electron chi connectivity index (χ2n) is 2.63. The average molecular weight is 166 g/mol. The normalized spacial score (nSPS) is 9.75. The number of aromatic nitrogens is 1. The van der Waals surface area contributed by atoms with Gasteiger partial charge < -0.3 is 10.3 Å². The van der Waals surface area contributed by atoms with Gasteiger partial charge in [0.2, 0.25) is 5.91 Å². The molecule has 0 saturated carbocycles. The van der Waals surface area contributed by atoms with Crippen LogP contribution in [-0.4, -0.2) is 10.5 Å². The van der Waals surface area contributed by atoms with Gasteiger partial charge in [-0.25, -0.2) is 0 Å². The van der Waals surface area contributed by atoms with E-state index in [-0.39, 0.29) is 12.0 Å².